The summed E-state index contributed by atoms with van der Waals surface area (Å²) in [4.78, 5) is 36.2. The van der Waals surface area contributed by atoms with Gasteiger partial charge in [0.05, 0.1) is 11.6 Å². The predicted octanol–water partition coefficient (Wildman–Crippen LogP) is 3.08. The van der Waals surface area contributed by atoms with Crippen molar-refractivity contribution in [3.05, 3.63) is 47.3 Å². The molecule has 1 aromatic heterocycles. The number of aromatic hydroxyl groups is 1. The van der Waals surface area contributed by atoms with Crippen LogP contribution < -0.4 is 9.64 Å². The molecule has 6 rings (SSSR count). The number of hydrogen-bond donors (Lipinski definition) is 1. The molecule has 10 heteroatoms. The Hall–Kier alpha value is -3.33. The number of rotatable bonds is 3. The van der Waals surface area contributed by atoms with Crippen molar-refractivity contribution >= 4 is 29.2 Å². The molecular weight excluding hydrogens is 475 g/mol. The Balaban J connectivity index is 1.50. The van der Waals surface area contributed by atoms with Crippen LogP contribution in [0.4, 0.5) is 10.2 Å². The standard InChI is InChI=1S/C25H24ClFN4O4/c1-2-18(33)29-8-9-30-14(11-29)12-35-23-20(25(30)34)24(31-7-6-13-10-16(13)31)28-22(21(23)26)19-15(27)4-3-5-17(19)32/h2-5,13-14,16,32H,1,6-12H2/t13-,14-,16+/m1/s1. The van der Waals surface area contributed by atoms with Crippen LogP contribution in [0, 0.1) is 11.7 Å². The lowest BCUT2D eigenvalue weighted by Crippen LogP contribution is -2.57. The maximum Gasteiger partial charge on any atom is 0.261 e. The molecule has 4 aliphatic rings. The largest absolute Gasteiger partial charge is 0.507 e. The number of ether oxygens (including phenoxy) is 1. The van der Waals surface area contributed by atoms with E-state index >= 15 is 0 Å². The highest BCUT2D eigenvalue weighted by Crippen LogP contribution is 2.51. The van der Waals surface area contributed by atoms with Gasteiger partial charge in [-0.1, -0.05) is 24.2 Å². The molecule has 2 saturated heterocycles. The first kappa shape index (κ1) is 22.2. The summed E-state index contributed by atoms with van der Waals surface area (Å²) in [5.74, 6) is -0.350. The molecule has 3 fully saturated rings. The number of phenolic OH excluding ortho intramolecular Hbond substituents is 1. The highest BCUT2D eigenvalue weighted by atomic mass is 35.5. The first-order chi connectivity index (χ1) is 16.9. The van der Waals surface area contributed by atoms with Crippen molar-refractivity contribution in [1.82, 2.24) is 14.8 Å². The molecule has 3 atom stereocenters. The van der Waals surface area contributed by atoms with Gasteiger partial charge in [-0.05, 0) is 37.0 Å². The lowest BCUT2D eigenvalue weighted by atomic mass is 10.1. The van der Waals surface area contributed by atoms with Crippen molar-refractivity contribution in [2.75, 3.05) is 37.7 Å². The Bertz CT molecular complexity index is 1250. The number of amides is 2. The molecule has 3 aliphatic heterocycles. The Labute approximate surface area is 206 Å². The van der Waals surface area contributed by atoms with Crippen LogP contribution in [-0.2, 0) is 4.79 Å². The molecule has 0 radical (unpaired) electrons. The van der Waals surface area contributed by atoms with Crippen molar-refractivity contribution in [1.29, 1.82) is 0 Å². The quantitative estimate of drug-likeness (QED) is 0.655. The maximum atomic E-state index is 14.9. The summed E-state index contributed by atoms with van der Waals surface area (Å²) < 4.78 is 21.0. The van der Waals surface area contributed by atoms with Crippen molar-refractivity contribution in [3.8, 4) is 22.8 Å². The minimum atomic E-state index is -0.674. The lowest BCUT2D eigenvalue weighted by Gasteiger charge is -2.39. The SMILES string of the molecule is C=CC(=O)N1CCN2C(=O)c3c(N4CC[C@@H]5C[C@@H]54)nc(-c4c(O)cccc4F)c(Cl)c3OC[C@H]2C1. The van der Waals surface area contributed by atoms with E-state index in [4.69, 9.17) is 21.3 Å². The van der Waals surface area contributed by atoms with Crippen LogP contribution in [0.15, 0.2) is 30.9 Å². The van der Waals surface area contributed by atoms with Gasteiger partial charge < -0.3 is 24.5 Å². The zero-order valence-corrected chi connectivity index (χ0v) is 19.7. The smallest absolute Gasteiger partial charge is 0.261 e. The number of carbonyl (C=O) groups excluding carboxylic acids is 2. The average Bonchev–Trinajstić information content (AvgIpc) is 3.54. The second kappa shape index (κ2) is 8.12. The highest BCUT2D eigenvalue weighted by molar-refractivity contribution is 6.35. The zero-order valence-electron chi connectivity index (χ0n) is 18.9. The molecule has 0 spiro atoms. The maximum absolute atomic E-state index is 14.9. The van der Waals surface area contributed by atoms with Gasteiger partial charge >= 0.3 is 0 Å². The van der Waals surface area contributed by atoms with Gasteiger partial charge in [-0.15, -0.1) is 0 Å². The molecule has 4 heterocycles. The number of pyridine rings is 1. The van der Waals surface area contributed by atoms with Gasteiger partial charge in [-0.25, -0.2) is 9.37 Å². The van der Waals surface area contributed by atoms with E-state index in [2.05, 4.69) is 11.5 Å². The first-order valence-electron chi connectivity index (χ1n) is 11.7. The van der Waals surface area contributed by atoms with Crippen LogP contribution >= 0.6 is 11.6 Å². The van der Waals surface area contributed by atoms with Gasteiger partial charge in [-0.3, -0.25) is 9.59 Å². The summed E-state index contributed by atoms with van der Waals surface area (Å²) in [7, 11) is 0. The summed E-state index contributed by atoms with van der Waals surface area (Å²) in [6.45, 7) is 5.41. The monoisotopic (exact) mass is 498 g/mol. The molecule has 1 N–H and O–H groups in total. The number of piperidine rings is 1. The number of fused-ring (bicyclic) bond motifs is 3. The fraction of sp³-hybridized carbons (Fsp3) is 0.400. The number of aromatic nitrogens is 1. The summed E-state index contributed by atoms with van der Waals surface area (Å²) in [5.41, 5.74) is 0.165. The Kier molecular flexibility index (Phi) is 5.14. The lowest BCUT2D eigenvalue weighted by molar-refractivity contribution is -0.128. The van der Waals surface area contributed by atoms with Crippen LogP contribution in [0.3, 0.4) is 0 Å². The van der Waals surface area contributed by atoms with E-state index in [1.54, 1.807) is 9.80 Å². The number of anilines is 1. The minimum Gasteiger partial charge on any atom is -0.507 e. The summed E-state index contributed by atoms with van der Waals surface area (Å²) in [5, 5.41) is 10.4. The molecule has 35 heavy (non-hydrogen) atoms. The van der Waals surface area contributed by atoms with E-state index in [1.165, 1.54) is 24.3 Å². The second-order valence-corrected chi connectivity index (χ2v) is 9.81. The van der Waals surface area contributed by atoms with Crippen molar-refractivity contribution < 1.29 is 23.8 Å². The van der Waals surface area contributed by atoms with Crippen molar-refractivity contribution in [2.24, 2.45) is 5.92 Å². The summed E-state index contributed by atoms with van der Waals surface area (Å²) in [6.07, 6.45) is 3.26. The van der Waals surface area contributed by atoms with E-state index < -0.39 is 5.82 Å². The van der Waals surface area contributed by atoms with Crippen LogP contribution in [-0.4, -0.2) is 76.6 Å². The molecule has 8 nitrogen and oxygen atoms in total. The predicted molar refractivity (Wildman–Crippen MR) is 127 cm³/mol. The normalized spacial score (nSPS) is 24.8. The van der Waals surface area contributed by atoms with Crippen LogP contribution in [0.1, 0.15) is 23.2 Å². The third kappa shape index (κ3) is 3.43. The van der Waals surface area contributed by atoms with Gasteiger partial charge in [0.25, 0.3) is 5.91 Å². The fourth-order valence-electron chi connectivity index (χ4n) is 5.55. The second-order valence-electron chi connectivity index (χ2n) is 9.43. The fourth-order valence-corrected chi connectivity index (χ4v) is 5.84. The number of carbonyl (C=O) groups is 2. The zero-order chi connectivity index (χ0) is 24.4. The van der Waals surface area contributed by atoms with Crippen molar-refractivity contribution in [2.45, 2.75) is 24.9 Å². The van der Waals surface area contributed by atoms with E-state index in [9.17, 15) is 19.1 Å². The van der Waals surface area contributed by atoms with Gasteiger partial charge in [0.15, 0.2) is 5.75 Å². The number of phenols is 1. The average molecular weight is 499 g/mol. The number of halogens is 2. The minimum absolute atomic E-state index is 0.0251. The van der Waals surface area contributed by atoms with Crippen molar-refractivity contribution in [3.63, 3.8) is 0 Å². The molecule has 2 amide bonds. The van der Waals surface area contributed by atoms with E-state index in [-0.39, 0.29) is 63.8 Å². The highest BCUT2D eigenvalue weighted by Gasteiger charge is 2.50. The van der Waals surface area contributed by atoms with Crippen LogP contribution in [0.2, 0.25) is 5.02 Å². The van der Waals surface area contributed by atoms with E-state index in [0.717, 1.165) is 19.4 Å². The number of nitrogens with zero attached hydrogens (tertiary/aromatic N) is 4. The first-order valence-corrected chi connectivity index (χ1v) is 12.1. The Morgan fingerprint density at radius 1 is 1.26 bits per heavy atom. The molecule has 1 saturated carbocycles. The Morgan fingerprint density at radius 2 is 2.09 bits per heavy atom. The number of hydrogen-bond acceptors (Lipinski definition) is 6. The molecule has 0 bridgehead atoms. The molecule has 2 aromatic rings. The van der Waals surface area contributed by atoms with Gasteiger partial charge in [0, 0.05) is 32.2 Å². The van der Waals surface area contributed by atoms with Crippen LogP contribution in [0.25, 0.3) is 11.3 Å². The molecule has 0 unspecified atom stereocenters. The van der Waals surface area contributed by atoms with Gasteiger partial charge in [-0.2, -0.15) is 0 Å². The Morgan fingerprint density at radius 3 is 2.77 bits per heavy atom. The third-order valence-electron chi connectivity index (χ3n) is 7.47. The number of benzene rings is 1. The van der Waals surface area contributed by atoms with E-state index in [0.29, 0.717) is 31.4 Å². The topological polar surface area (TPSA) is 86.2 Å². The third-order valence-corrected chi connectivity index (χ3v) is 7.82. The molecular formula is C25H24ClFN4O4. The molecule has 1 aliphatic carbocycles. The summed E-state index contributed by atoms with van der Waals surface area (Å²) in [6, 6.07) is 3.88. The molecule has 1 aromatic carbocycles. The van der Waals surface area contributed by atoms with E-state index in [1.807, 2.05) is 0 Å². The summed E-state index contributed by atoms with van der Waals surface area (Å²) >= 11 is 6.74. The molecule has 182 valence electrons. The number of piperazine rings is 1. The van der Waals surface area contributed by atoms with Gasteiger partial charge in [0.1, 0.15) is 40.3 Å². The van der Waals surface area contributed by atoms with Gasteiger partial charge in [0.2, 0.25) is 5.91 Å². The van der Waals surface area contributed by atoms with Crippen LogP contribution in [0.5, 0.6) is 11.5 Å².